The number of benzene rings is 1. The highest BCUT2D eigenvalue weighted by Gasteiger charge is 2.13. The lowest BCUT2D eigenvalue weighted by molar-refractivity contribution is 0.532. The van der Waals surface area contributed by atoms with Crippen LogP contribution >= 0.6 is 0 Å². The van der Waals surface area contributed by atoms with Crippen LogP contribution in [0.4, 0.5) is 0 Å². The number of hydrogen-bond donors (Lipinski definition) is 1. The van der Waals surface area contributed by atoms with Gasteiger partial charge in [0, 0.05) is 30.3 Å². The number of tetrazole rings is 1. The normalized spacial score (nSPS) is 11.1. The SMILES string of the molecule is CCCCCn1nc(C)nc1Cc1ccc(-c2ccccc2-c2nn[nH]n2)nc1. The van der Waals surface area contributed by atoms with Crippen LogP contribution in [0.2, 0.25) is 0 Å². The molecule has 0 aliphatic heterocycles. The Labute approximate surface area is 169 Å². The van der Waals surface area contributed by atoms with E-state index in [2.05, 4.69) is 48.7 Å². The highest BCUT2D eigenvalue weighted by atomic mass is 15.5. The smallest absolute Gasteiger partial charge is 0.205 e. The first-order valence-corrected chi connectivity index (χ1v) is 9.93. The molecule has 8 nitrogen and oxygen atoms in total. The zero-order chi connectivity index (χ0) is 20.1. The third kappa shape index (κ3) is 4.37. The van der Waals surface area contributed by atoms with Crippen LogP contribution in [0.15, 0.2) is 42.6 Å². The highest BCUT2D eigenvalue weighted by Crippen LogP contribution is 2.28. The van der Waals surface area contributed by atoms with Gasteiger partial charge in [-0.3, -0.25) is 4.98 Å². The minimum Gasteiger partial charge on any atom is -0.256 e. The van der Waals surface area contributed by atoms with Gasteiger partial charge in [0.25, 0.3) is 0 Å². The number of aromatic nitrogens is 8. The van der Waals surface area contributed by atoms with E-state index in [1.807, 2.05) is 48.1 Å². The van der Waals surface area contributed by atoms with Crippen LogP contribution in [-0.2, 0) is 13.0 Å². The summed E-state index contributed by atoms with van der Waals surface area (Å²) in [5.41, 5.74) is 3.84. The fourth-order valence-electron chi connectivity index (χ4n) is 3.37. The van der Waals surface area contributed by atoms with E-state index in [1.54, 1.807) is 0 Å². The van der Waals surface area contributed by atoms with Crippen molar-refractivity contribution in [1.82, 2.24) is 40.4 Å². The monoisotopic (exact) mass is 388 g/mol. The van der Waals surface area contributed by atoms with Crippen LogP contribution in [0.1, 0.15) is 43.4 Å². The van der Waals surface area contributed by atoms with E-state index in [0.717, 1.165) is 47.0 Å². The average Bonchev–Trinajstić information content (AvgIpc) is 3.39. The third-order valence-electron chi connectivity index (χ3n) is 4.80. The first-order chi connectivity index (χ1) is 14.2. The molecule has 29 heavy (non-hydrogen) atoms. The van der Waals surface area contributed by atoms with Crippen LogP contribution in [0.5, 0.6) is 0 Å². The van der Waals surface area contributed by atoms with Crippen molar-refractivity contribution < 1.29 is 0 Å². The van der Waals surface area contributed by atoms with Gasteiger partial charge in [0.15, 0.2) is 0 Å². The molecule has 0 saturated carbocycles. The average molecular weight is 388 g/mol. The van der Waals surface area contributed by atoms with Gasteiger partial charge in [-0.05, 0) is 30.2 Å². The number of nitrogens with zero attached hydrogens (tertiary/aromatic N) is 7. The van der Waals surface area contributed by atoms with Crippen molar-refractivity contribution in [2.45, 2.75) is 46.1 Å². The summed E-state index contributed by atoms with van der Waals surface area (Å²) in [7, 11) is 0. The molecule has 4 rings (SSSR count). The molecule has 0 spiro atoms. The Bertz CT molecular complexity index is 1050. The predicted molar refractivity (Wildman–Crippen MR) is 110 cm³/mol. The van der Waals surface area contributed by atoms with E-state index >= 15 is 0 Å². The number of aromatic amines is 1. The van der Waals surface area contributed by atoms with Gasteiger partial charge in [-0.2, -0.15) is 10.3 Å². The van der Waals surface area contributed by atoms with E-state index in [-0.39, 0.29) is 0 Å². The number of nitrogens with one attached hydrogen (secondary N) is 1. The van der Waals surface area contributed by atoms with Gasteiger partial charge in [-0.25, -0.2) is 9.67 Å². The van der Waals surface area contributed by atoms with Gasteiger partial charge in [-0.15, -0.1) is 10.2 Å². The van der Waals surface area contributed by atoms with Crippen molar-refractivity contribution in [3.05, 3.63) is 59.8 Å². The standard InChI is InChI=1S/C21H24N8/c1-3-4-7-12-29-20(23-15(2)26-29)13-16-10-11-19(22-14-16)17-8-5-6-9-18(17)21-24-27-28-25-21/h5-6,8-11,14H,3-4,7,12-13H2,1-2H3,(H,24,25,27,28). The summed E-state index contributed by atoms with van der Waals surface area (Å²) in [6.07, 6.45) is 6.14. The first-order valence-electron chi connectivity index (χ1n) is 9.93. The molecule has 1 N–H and O–H groups in total. The van der Waals surface area contributed by atoms with Crippen molar-refractivity contribution in [3.8, 4) is 22.6 Å². The number of rotatable bonds is 8. The lowest BCUT2D eigenvalue weighted by Crippen LogP contribution is -2.07. The summed E-state index contributed by atoms with van der Waals surface area (Å²) in [6, 6.07) is 12.0. The van der Waals surface area contributed by atoms with E-state index in [9.17, 15) is 0 Å². The Hall–Kier alpha value is -3.42. The summed E-state index contributed by atoms with van der Waals surface area (Å²) >= 11 is 0. The fraction of sp³-hybridized carbons (Fsp3) is 0.333. The maximum atomic E-state index is 4.68. The molecule has 0 radical (unpaired) electrons. The predicted octanol–water partition coefficient (Wildman–Crippen LogP) is 3.61. The molecule has 0 aliphatic carbocycles. The minimum absolute atomic E-state index is 0.558. The summed E-state index contributed by atoms with van der Waals surface area (Å²) in [5.74, 6) is 2.36. The van der Waals surface area contributed by atoms with Crippen molar-refractivity contribution in [1.29, 1.82) is 0 Å². The van der Waals surface area contributed by atoms with Gasteiger partial charge in [0.1, 0.15) is 11.6 Å². The zero-order valence-electron chi connectivity index (χ0n) is 16.7. The highest BCUT2D eigenvalue weighted by molar-refractivity contribution is 5.78. The van der Waals surface area contributed by atoms with Crippen LogP contribution in [0.3, 0.4) is 0 Å². The van der Waals surface area contributed by atoms with E-state index in [1.165, 1.54) is 12.8 Å². The molecule has 0 saturated heterocycles. The topological polar surface area (TPSA) is 98.1 Å². The van der Waals surface area contributed by atoms with Crippen LogP contribution in [-0.4, -0.2) is 40.4 Å². The van der Waals surface area contributed by atoms with E-state index < -0.39 is 0 Å². The Morgan fingerprint density at radius 3 is 2.62 bits per heavy atom. The molecule has 0 unspecified atom stereocenters. The number of hydrogen-bond acceptors (Lipinski definition) is 6. The van der Waals surface area contributed by atoms with Crippen LogP contribution < -0.4 is 0 Å². The molecule has 3 aromatic heterocycles. The molecule has 3 heterocycles. The molecular formula is C21H24N8. The molecule has 148 valence electrons. The summed E-state index contributed by atoms with van der Waals surface area (Å²) in [5, 5.41) is 18.9. The minimum atomic E-state index is 0.558. The second-order valence-corrected chi connectivity index (χ2v) is 7.01. The largest absolute Gasteiger partial charge is 0.256 e. The number of pyridine rings is 1. The summed E-state index contributed by atoms with van der Waals surface area (Å²) in [6.45, 7) is 5.06. The van der Waals surface area contributed by atoms with Crippen LogP contribution in [0.25, 0.3) is 22.6 Å². The Morgan fingerprint density at radius 2 is 1.90 bits per heavy atom. The fourth-order valence-corrected chi connectivity index (χ4v) is 3.37. The Balaban J connectivity index is 1.54. The van der Waals surface area contributed by atoms with Crippen molar-refractivity contribution in [3.63, 3.8) is 0 Å². The maximum absolute atomic E-state index is 4.68. The van der Waals surface area contributed by atoms with Crippen LogP contribution in [0, 0.1) is 6.92 Å². The molecule has 1 aromatic carbocycles. The van der Waals surface area contributed by atoms with Gasteiger partial charge < -0.3 is 0 Å². The number of unbranched alkanes of at least 4 members (excludes halogenated alkanes) is 2. The molecule has 0 atom stereocenters. The van der Waals surface area contributed by atoms with Crippen molar-refractivity contribution in [2.75, 3.05) is 0 Å². The van der Waals surface area contributed by atoms with Gasteiger partial charge in [0.05, 0.1) is 5.69 Å². The lowest BCUT2D eigenvalue weighted by Gasteiger charge is -2.08. The lowest BCUT2D eigenvalue weighted by atomic mass is 10.0. The molecule has 8 heteroatoms. The van der Waals surface area contributed by atoms with Crippen molar-refractivity contribution in [2.24, 2.45) is 0 Å². The quantitative estimate of drug-likeness (QED) is 0.463. The first kappa shape index (κ1) is 18.9. The third-order valence-corrected chi connectivity index (χ3v) is 4.80. The number of aryl methyl sites for hydroxylation is 2. The summed E-state index contributed by atoms with van der Waals surface area (Å²) in [4.78, 5) is 9.29. The molecule has 0 fully saturated rings. The second-order valence-electron chi connectivity index (χ2n) is 7.01. The molecule has 0 bridgehead atoms. The van der Waals surface area contributed by atoms with Crippen molar-refractivity contribution >= 4 is 0 Å². The molecule has 0 aliphatic rings. The van der Waals surface area contributed by atoms with E-state index in [4.69, 9.17) is 0 Å². The maximum Gasteiger partial charge on any atom is 0.205 e. The van der Waals surface area contributed by atoms with E-state index in [0.29, 0.717) is 12.2 Å². The zero-order valence-corrected chi connectivity index (χ0v) is 16.7. The molecule has 0 amide bonds. The van der Waals surface area contributed by atoms with Gasteiger partial charge >= 0.3 is 0 Å². The Kier molecular flexibility index (Phi) is 5.69. The molecular weight excluding hydrogens is 364 g/mol. The Morgan fingerprint density at radius 1 is 1.03 bits per heavy atom. The molecule has 4 aromatic rings. The number of H-pyrrole nitrogens is 1. The van der Waals surface area contributed by atoms with Gasteiger partial charge in [-0.1, -0.05) is 50.1 Å². The van der Waals surface area contributed by atoms with Gasteiger partial charge in [0.2, 0.25) is 5.82 Å². The second kappa shape index (κ2) is 8.72. The summed E-state index contributed by atoms with van der Waals surface area (Å²) < 4.78 is 2.03.